The maximum Gasteiger partial charge on any atom is 0.166 e. The lowest BCUT2D eigenvalue weighted by Crippen LogP contribution is -1.87. The number of hydrogen-bond acceptors (Lipinski definition) is 1. The van der Waals surface area contributed by atoms with E-state index in [0.717, 1.165) is 17.4 Å². The van der Waals surface area contributed by atoms with Crippen molar-refractivity contribution in [1.29, 1.82) is 0 Å². The highest BCUT2D eigenvalue weighted by atomic mass is 16.1. The van der Waals surface area contributed by atoms with Crippen LogP contribution in [0.1, 0.15) is 21.6 Å². The topological polar surface area (TPSA) is 32.9 Å². The Morgan fingerprint density at radius 1 is 1.44 bits per heavy atom. The molecule has 0 aliphatic heterocycles. The number of carbonyl (C=O) groups excluding carboxylic acids is 1. The highest BCUT2D eigenvalue weighted by Gasteiger charge is 2.10. The number of carbonyl (C=O) groups is 1. The lowest BCUT2D eigenvalue weighted by Gasteiger charge is -2.00. The first kappa shape index (κ1) is 4.56. The minimum atomic E-state index is 0.688. The highest BCUT2D eigenvalue weighted by Crippen LogP contribution is 2.25. The summed E-state index contributed by atoms with van der Waals surface area (Å²) in [4.78, 5) is 13.1. The van der Waals surface area contributed by atoms with Gasteiger partial charge in [0.1, 0.15) is 0 Å². The number of fused-ring (bicyclic) bond motifs is 1. The summed E-state index contributed by atoms with van der Waals surface area (Å²) in [5.41, 5.74) is 2.87. The Bertz CT molecular complexity index is 283. The summed E-state index contributed by atoms with van der Waals surface area (Å²) >= 11 is 0. The van der Waals surface area contributed by atoms with E-state index in [1.54, 1.807) is 0 Å². The molecular weight excluding hydrogens is 114 g/mol. The monoisotopic (exact) mass is 119 g/mol. The summed E-state index contributed by atoms with van der Waals surface area (Å²) in [5.74, 6) is 0. The van der Waals surface area contributed by atoms with Gasteiger partial charge in [-0.05, 0) is 5.56 Å². The van der Waals surface area contributed by atoms with Crippen molar-refractivity contribution in [3.63, 3.8) is 0 Å². The second-order valence-corrected chi connectivity index (χ2v) is 2.02. The minimum absolute atomic E-state index is 0.688. The molecule has 0 unspecified atom stereocenters. The van der Waals surface area contributed by atoms with Crippen molar-refractivity contribution < 1.29 is 4.79 Å². The SMILES string of the molecule is O=Cc1[nH]cc2c1C=C2. The number of aromatic nitrogens is 1. The van der Waals surface area contributed by atoms with E-state index in [-0.39, 0.29) is 0 Å². The average molecular weight is 119 g/mol. The number of rotatable bonds is 1. The molecule has 0 amide bonds. The lowest BCUT2D eigenvalue weighted by molar-refractivity contribution is 0.111. The second kappa shape index (κ2) is 1.35. The fourth-order valence-electron chi connectivity index (χ4n) is 0.965. The molecule has 2 heteroatoms. The zero-order valence-corrected chi connectivity index (χ0v) is 4.72. The third kappa shape index (κ3) is 0.421. The van der Waals surface area contributed by atoms with E-state index in [2.05, 4.69) is 4.98 Å². The molecule has 0 radical (unpaired) electrons. The molecule has 0 saturated carbocycles. The lowest BCUT2D eigenvalue weighted by atomic mass is 10.0. The van der Waals surface area contributed by atoms with Crippen molar-refractivity contribution >= 4 is 18.4 Å². The molecule has 1 aliphatic rings. The molecule has 44 valence electrons. The fourth-order valence-corrected chi connectivity index (χ4v) is 0.965. The average Bonchev–Trinajstić information content (AvgIpc) is 2.07. The van der Waals surface area contributed by atoms with Gasteiger partial charge >= 0.3 is 0 Å². The van der Waals surface area contributed by atoms with E-state index in [0.29, 0.717) is 5.69 Å². The fraction of sp³-hybridized carbons (Fsp3) is 0. The summed E-state index contributed by atoms with van der Waals surface area (Å²) in [6.45, 7) is 0. The first-order valence-electron chi connectivity index (χ1n) is 2.76. The maximum absolute atomic E-state index is 10.2. The number of hydrogen-bond donors (Lipinski definition) is 1. The van der Waals surface area contributed by atoms with E-state index in [9.17, 15) is 4.79 Å². The molecule has 0 bridgehead atoms. The van der Waals surface area contributed by atoms with Crippen molar-refractivity contribution in [1.82, 2.24) is 4.98 Å². The van der Waals surface area contributed by atoms with Crippen LogP contribution < -0.4 is 0 Å². The van der Waals surface area contributed by atoms with Gasteiger partial charge in [0.15, 0.2) is 6.29 Å². The van der Waals surface area contributed by atoms with Crippen LogP contribution in [0, 0.1) is 0 Å². The van der Waals surface area contributed by atoms with Gasteiger partial charge in [0.2, 0.25) is 0 Å². The first-order valence-corrected chi connectivity index (χ1v) is 2.76. The Balaban J connectivity index is 2.64. The molecule has 0 fully saturated rings. The molecule has 9 heavy (non-hydrogen) atoms. The van der Waals surface area contributed by atoms with Crippen molar-refractivity contribution in [3.05, 3.63) is 23.0 Å². The summed E-state index contributed by atoms with van der Waals surface area (Å²) in [5, 5.41) is 0. The van der Waals surface area contributed by atoms with Crippen LogP contribution in [-0.2, 0) is 0 Å². The summed E-state index contributed by atoms with van der Waals surface area (Å²) in [6.07, 6.45) is 6.57. The molecule has 2 nitrogen and oxygen atoms in total. The Morgan fingerprint density at radius 3 is 2.67 bits per heavy atom. The van der Waals surface area contributed by atoms with Gasteiger partial charge in [-0.2, -0.15) is 0 Å². The van der Waals surface area contributed by atoms with Crippen LogP contribution in [-0.4, -0.2) is 11.3 Å². The van der Waals surface area contributed by atoms with E-state index >= 15 is 0 Å². The van der Waals surface area contributed by atoms with Gasteiger partial charge in [0.25, 0.3) is 0 Å². The molecule has 0 saturated heterocycles. The Morgan fingerprint density at radius 2 is 2.33 bits per heavy atom. The number of H-pyrrole nitrogens is 1. The van der Waals surface area contributed by atoms with Crippen LogP contribution in [0.5, 0.6) is 0 Å². The first-order chi connectivity index (χ1) is 4.42. The quantitative estimate of drug-likeness (QED) is 0.564. The number of nitrogens with one attached hydrogen (secondary N) is 1. The standard InChI is InChI=1S/C7H5NO/c9-4-7-6-2-1-5(6)3-8-7/h1-4,8H. The zero-order chi connectivity index (χ0) is 6.27. The van der Waals surface area contributed by atoms with Crippen molar-refractivity contribution in [3.8, 4) is 0 Å². The van der Waals surface area contributed by atoms with E-state index in [1.165, 1.54) is 0 Å². The smallest absolute Gasteiger partial charge is 0.166 e. The number of aldehydes is 1. The van der Waals surface area contributed by atoms with Gasteiger partial charge in [-0.3, -0.25) is 4.79 Å². The molecule has 1 aromatic rings. The maximum atomic E-state index is 10.2. The number of aromatic amines is 1. The molecule has 1 N–H and O–H groups in total. The van der Waals surface area contributed by atoms with Gasteiger partial charge in [0, 0.05) is 11.8 Å². The molecule has 0 aromatic carbocycles. The molecular formula is C7H5NO. The second-order valence-electron chi connectivity index (χ2n) is 2.02. The van der Waals surface area contributed by atoms with Crippen LogP contribution in [0.3, 0.4) is 0 Å². The normalized spacial score (nSPS) is 12.4. The van der Waals surface area contributed by atoms with Crippen molar-refractivity contribution in [2.45, 2.75) is 0 Å². The Kier molecular flexibility index (Phi) is 0.681. The van der Waals surface area contributed by atoms with E-state index in [1.807, 2.05) is 18.3 Å². The van der Waals surface area contributed by atoms with Gasteiger partial charge in [0.05, 0.1) is 5.69 Å². The largest absolute Gasteiger partial charge is 0.358 e. The Hall–Kier alpha value is -1.31. The van der Waals surface area contributed by atoms with Crippen molar-refractivity contribution in [2.75, 3.05) is 0 Å². The third-order valence-corrected chi connectivity index (χ3v) is 1.53. The summed E-state index contributed by atoms with van der Waals surface area (Å²) < 4.78 is 0. The molecule has 1 aromatic heterocycles. The predicted octanol–water partition coefficient (Wildman–Crippen LogP) is 1.31. The van der Waals surface area contributed by atoms with Gasteiger partial charge in [-0.1, -0.05) is 12.2 Å². The predicted molar refractivity (Wildman–Crippen MR) is 35.1 cm³/mol. The Labute approximate surface area is 52.2 Å². The highest BCUT2D eigenvalue weighted by molar-refractivity contribution is 5.94. The molecule has 1 aliphatic carbocycles. The summed E-state index contributed by atoms with van der Waals surface area (Å²) in [6, 6.07) is 0. The van der Waals surface area contributed by atoms with Gasteiger partial charge < -0.3 is 4.98 Å². The molecule has 2 rings (SSSR count). The minimum Gasteiger partial charge on any atom is -0.358 e. The van der Waals surface area contributed by atoms with Crippen LogP contribution in [0.2, 0.25) is 0 Å². The van der Waals surface area contributed by atoms with Crippen molar-refractivity contribution in [2.24, 2.45) is 0 Å². The molecule has 0 spiro atoms. The van der Waals surface area contributed by atoms with Crippen LogP contribution in [0.15, 0.2) is 6.20 Å². The van der Waals surface area contributed by atoms with Gasteiger partial charge in [-0.15, -0.1) is 0 Å². The van der Waals surface area contributed by atoms with Crippen LogP contribution in [0.25, 0.3) is 12.2 Å². The molecule has 0 atom stereocenters. The van der Waals surface area contributed by atoms with E-state index < -0.39 is 0 Å². The van der Waals surface area contributed by atoms with Crippen LogP contribution in [0.4, 0.5) is 0 Å². The third-order valence-electron chi connectivity index (χ3n) is 1.53. The zero-order valence-electron chi connectivity index (χ0n) is 4.72. The summed E-state index contributed by atoms with van der Waals surface area (Å²) in [7, 11) is 0. The van der Waals surface area contributed by atoms with E-state index in [4.69, 9.17) is 0 Å². The molecule has 1 heterocycles. The van der Waals surface area contributed by atoms with Gasteiger partial charge in [-0.25, -0.2) is 0 Å². The van der Waals surface area contributed by atoms with Crippen LogP contribution >= 0.6 is 0 Å².